The molecule has 1 heterocycles. The first-order chi connectivity index (χ1) is 16.4. The minimum absolute atomic E-state index is 0.161. The van der Waals surface area contributed by atoms with E-state index in [-0.39, 0.29) is 5.91 Å². The SMILES string of the molecule is C=C/C=c1/c(=O)n(-c2ccc(C(=O)N(C)c3ccc(CC)cc3CCC)cc2)c(=O)[nH]/c1=C/C. The van der Waals surface area contributed by atoms with E-state index in [1.165, 1.54) is 11.6 Å². The molecule has 3 rings (SSSR count). The number of carbonyl (C=O) groups excluding carboxylic acids is 1. The minimum Gasteiger partial charge on any atom is -0.311 e. The lowest BCUT2D eigenvalue weighted by Crippen LogP contribution is -2.52. The summed E-state index contributed by atoms with van der Waals surface area (Å²) in [7, 11) is 1.77. The number of carbonyl (C=O) groups is 1. The van der Waals surface area contributed by atoms with E-state index < -0.39 is 11.2 Å². The molecule has 3 aromatic rings. The van der Waals surface area contributed by atoms with Gasteiger partial charge in [0.25, 0.3) is 11.5 Å². The highest BCUT2D eigenvalue weighted by Crippen LogP contribution is 2.24. The lowest BCUT2D eigenvalue weighted by atomic mass is 10.0. The summed E-state index contributed by atoms with van der Waals surface area (Å²) in [6, 6.07) is 12.7. The van der Waals surface area contributed by atoms with Crippen LogP contribution in [0, 0.1) is 0 Å². The molecule has 0 atom stereocenters. The fourth-order valence-corrected chi connectivity index (χ4v) is 4.02. The molecule has 0 saturated carbocycles. The Morgan fingerprint density at radius 2 is 1.82 bits per heavy atom. The second kappa shape index (κ2) is 10.8. The summed E-state index contributed by atoms with van der Waals surface area (Å²) in [5, 5.41) is 0.785. The molecular weight excluding hydrogens is 426 g/mol. The summed E-state index contributed by atoms with van der Waals surface area (Å²) < 4.78 is 1.06. The van der Waals surface area contributed by atoms with Crippen LogP contribution in [0.3, 0.4) is 0 Å². The molecule has 6 nitrogen and oxygen atoms in total. The molecule has 0 aliphatic rings. The third kappa shape index (κ3) is 4.86. The molecule has 2 aromatic carbocycles. The monoisotopic (exact) mass is 457 g/mol. The Morgan fingerprint density at radius 1 is 1.12 bits per heavy atom. The van der Waals surface area contributed by atoms with Gasteiger partial charge in [-0.1, -0.05) is 51.1 Å². The van der Waals surface area contributed by atoms with Gasteiger partial charge in [0.2, 0.25) is 0 Å². The third-order valence-electron chi connectivity index (χ3n) is 5.85. The average molecular weight is 458 g/mol. The molecule has 6 heteroatoms. The number of aromatic amines is 1. The number of nitrogens with one attached hydrogen (secondary N) is 1. The van der Waals surface area contributed by atoms with Gasteiger partial charge in [-0.2, -0.15) is 0 Å². The van der Waals surface area contributed by atoms with Crippen molar-refractivity contribution in [1.29, 1.82) is 0 Å². The van der Waals surface area contributed by atoms with Gasteiger partial charge in [-0.05, 0) is 67.3 Å². The van der Waals surface area contributed by atoms with Crippen molar-refractivity contribution in [3.05, 3.63) is 103 Å². The van der Waals surface area contributed by atoms with Gasteiger partial charge >= 0.3 is 5.69 Å². The zero-order valence-corrected chi connectivity index (χ0v) is 20.2. The normalized spacial score (nSPS) is 12.1. The average Bonchev–Trinajstić information content (AvgIpc) is 2.85. The molecule has 176 valence electrons. The number of allylic oxidation sites excluding steroid dienone is 1. The fraction of sp³-hybridized carbons (Fsp3) is 0.250. The Bertz CT molecular complexity index is 1440. The maximum atomic E-state index is 13.2. The molecule has 0 saturated heterocycles. The second-order valence-corrected chi connectivity index (χ2v) is 8.07. The van der Waals surface area contributed by atoms with Crippen molar-refractivity contribution in [2.75, 3.05) is 11.9 Å². The van der Waals surface area contributed by atoms with Crippen LogP contribution in [0.1, 0.15) is 48.7 Å². The first kappa shape index (κ1) is 24.7. The van der Waals surface area contributed by atoms with E-state index in [9.17, 15) is 14.4 Å². The van der Waals surface area contributed by atoms with Crippen LogP contribution in [0.4, 0.5) is 5.69 Å². The van der Waals surface area contributed by atoms with E-state index in [1.54, 1.807) is 55.3 Å². The number of amides is 1. The van der Waals surface area contributed by atoms with Crippen molar-refractivity contribution in [1.82, 2.24) is 9.55 Å². The molecule has 0 fully saturated rings. The van der Waals surface area contributed by atoms with E-state index in [1.807, 2.05) is 6.07 Å². The van der Waals surface area contributed by atoms with E-state index in [2.05, 4.69) is 37.5 Å². The zero-order valence-electron chi connectivity index (χ0n) is 20.2. The van der Waals surface area contributed by atoms with Crippen LogP contribution >= 0.6 is 0 Å². The lowest BCUT2D eigenvalue weighted by molar-refractivity contribution is 0.0993. The van der Waals surface area contributed by atoms with Crippen LogP contribution in [0.15, 0.2) is 64.7 Å². The van der Waals surface area contributed by atoms with Crippen LogP contribution in [0.2, 0.25) is 0 Å². The number of nitrogens with zero attached hydrogens (tertiary/aromatic N) is 2. The highest BCUT2D eigenvalue weighted by atomic mass is 16.2. The molecule has 0 unspecified atom stereocenters. The number of hydrogen-bond acceptors (Lipinski definition) is 3. The number of benzene rings is 2. The van der Waals surface area contributed by atoms with Gasteiger partial charge in [0.1, 0.15) is 0 Å². The lowest BCUT2D eigenvalue weighted by Gasteiger charge is -2.22. The molecule has 1 N–H and O–H groups in total. The summed E-state index contributed by atoms with van der Waals surface area (Å²) in [5.74, 6) is -0.161. The van der Waals surface area contributed by atoms with Crippen LogP contribution in [0.5, 0.6) is 0 Å². The quantitative estimate of drug-likeness (QED) is 0.593. The van der Waals surface area contributed by atoms with Crippen LogP contribution < -0.4 is 26.7 Å². The topological polar surface area (TPSA) is 75.2 Å². The van der Waals surface area contributed by atoms with Crippen molar-refractivity contribution in [3.8, 4) is 5.69 Å². The van der Waals surface area contributed by atoms with E-state index in [0.29, 0.717) is 21.8 Å². The molecule has 1 amide bonds. The number of aromatic nitrogens is 2. The Kier molecular flexibility index (Phi) is 7.84. The summed E-state index contributed by atoms with van der Waals surface area (Å²) in [5.41, 5.74) is 3.12. The highest BCUT2D eigenvalue weighted by Gasteiger charge is 2.17. The first-order valence-corrected chi connectivity index (χ1v) is 11.5. The second-order valence-electron chi connectivity index (χ2n) is 8.07. The Hall–Kier alpha value is -3.93. The van der Waals surface area contributed by atoms with Gasteiger partial charge in [0.05, 0.1) is 16.3 Å². The van der Waals surface area contributed by atoms with E-state index in [0.717, 1.165) is 35.1 Å². The van der Waals surface area contributed by atoms with Crippen molar-refractivity contribution < 1.29 is 4.79 Å². The standard InChI is InChI=1S/C28H31N3O3/c1-6-10-21-18-19(8-3)12-17-25(21)30(5)26(32)20-13-15-22(16-14-20)31-27(33)23(11-7-2)24(9-4)29-28(31)34/h7,9,11-18H,2,6,8,10H2,1,3-5H3,(H,29,34)/b23-11+,24-9+. The van der Waals surface area contributed by atoms with Crippen molar-refractivity contribution in [3.63, 3.8) is 0 Å². The minimum atomic E-state index is -0.546. The van der Waals surface area contributed by atoms with Crippen LogP contribution in [-0.4, -0.2) is 22.5 Å². The van der Waals surface area contributed by atoms with Crippen molar-refractivity contribution in [2.24, 2.45) is 0 Å². The molecule has 0 spiro atoms. The number of H-pyrrole nitrogens is 1. The number of hydrogen-bond donors (Lipinski definition) is 1. The van der Waals surface area contributed by atoms with Gasteiger partial charge in [-0.15, -0.1) is 0 Å². The predicted molar refractivity (Wildman–Crippen MR) is 139 cm³/mol. The fourth-order valence-electron chi connectivity index (χ4n) is 4.02. The van der Waals surface area contributed by atoms with Gasteiger partial charge in [0, 0.05) is 18.3 Å². The van der Waals surface area contributed by atoms with Gasteiger partial charge in [-0.25, -0.2) is 9.36 Å². The maximum absolute atomic E-state index is 13.2. The largest absolute Gasteiger partial charge is 0.333 e. The van der Waals surface area contributed by atoms with Crippen molar-refractivity contribution >= 4 is 23.7 Å². The predicted octanol–water partition coefficient (Wildman–Crippen LogP) is 3.08. The molecule has 0 radical (unpaired) electrons. The molecular formula is C28H31N3O3. The summed E-state index contributed by atoms with van der Waals surface area (Å²) in [6.45, 7) is 9.63. The van der Waals surface area contributed by atoms with Crippen LogP contribution in [0.25, 0.3) is 17.8 Å². The Balaban J connectivity index is 2.00. The number of rotatable bonds is 7. The molecule has 0 bridgehead atoms. The van der Waals surface area contributed by atoms with E-state index >= 15 is 0 Å². The van der Waals surface area contributed by atoms with Gasteiger partial charge in [-0.3, -0.25) is 9.59 Å². The number of aryl methyl sites for hydroxylation is 2. The molecule has 34 heavy (non-hydrogen) atoms. The summed E-state index contributed by atoms with van der Waals surface area (Å²) in [4.78, 5) is 43.2. The molecule has 0 aliphatic heterocycles. The summed E-state index contributed by atoms with van der Waals surface area (Å²) in [6.07, 6.45) is 7.55. The van der Waals surface area contributed by atoms with Crippen molar-refractivity contribution in [2.45, 2.75) is 40.0 Å². The Labute approximate surface area is 199 Å². The highest BCUT2D eigenvalue weighted by molar-refractivity contribution is 6.06. The Morgan fingerprint density at radius 3 is 2.41 bits per heavy atom. The maximum Gasteiger partial charge on any atom is 0.333 e. The summed E-state index contributed by atoms with van der Waals surface area (Å²) >= 11 is 0. The van der Waals surface area contributed by atoms with Crippen LogP contribution in [-0.2, 0) is 12.8 Å². The first-order valence-electron chi connectivity index (χ1n) is 11.5. The smallest absolute Gasteiger partial charge is 0.311 e. The zero-order chi connectivity index (χ0) is 24.8. The molecule has 1 aromatic heterocycles. The van der Waals surface area contributed by atoms with E-state index in [4.69, 9.17) is 0 Å². The van der Waals surface area contributed by atoms with Gasteiger partial charge in [0.15, 0.2) is 0 Å². The van der Waals surface area contributed by atoms with Gasteiger partial charge < -0.3 is 9.88 Å². The third-order valence-corrected chi connectivity index (χ3v) is 5.85. The molecule has 0 aliphatic carbocycles. The number of anilines is 1.